The molecule has 0 bridgehead atoms. The lowest BCUT2D eigenvalue weighted by molar-refractivity contribution is -0.383. The van der Waals surface area contributed by atoms with Gasteiger partial charge in [-0.2, -0.15) is 0 Å². The number of rotatable bonds is 5. The number of nitro groups is 1. The lowest BCUT2D eigenvalue weighted by Gasteiger charge is -2.05. The number of hydrogen-bond acceptors (Lipinski definition) is 6. The highest BCUT2D eigenvalue weighted by Crippen LogP contribution is 2.22. The van der Waals surface area contributed by atoms with Gasteiger partial charge in [-0.25, -0.2) is 13.6 Å². The van der Waals surface area contributed by atoms with Crippen LogP contribution in [-0.4, -0.2) is 31.5 Å². The first-order valence-corrected chi connectivity index (χ1v) is 6.75. The largest absolute Gasteiger partial charge is 0.393 e. The fraction of sp³-hybridized carbons (Fsp3) is 0.222. The number of carbonyl (C=O) groups is 1. The Morgan fingerprint density at radius 1 is 1.42 bits per heavy atom. The highest BCUT2D eigenvalue weighted by molar-refractivity contribution is 7.89. The summed E-state index contributed by atoms with van der Waals surface area (Å²) in [5, 5.41) is 17.7. The van der Waals surface area contributed by atoms with Gasteiger partial charge in [0.2, 0.25) is 10.0 Å². The molecule has 0 saturated carbocycles. The molecule has 0 atom stereocenters. The second-order valence-electron chi connectivity index (χ2n) is 3.65. The van der Waals surface area contributed by atoms with Gasteiger partial charge in [0.15, 0.2) is 0 Å². The molecule has 1 rings (SSSR count). The molecule has 0 aromatic heterocycles. The van der Waals surface area contributed by atoms with Gasteiger partial charge in [-0.05, 0) is 12.1 Å². The Labute approximate surface area is 108 Å². The standard InChI is InChI=1S/C9H12N4O5S/c10-7-2-1-6(5-8(7)13(15)16)9(14)12-3-4-19(11,17)18/h1-2,5H,3-4,10H2,(H,12,14)(H2,11,17,18). The molecular formula is C9H12N4O5S. The summed E-state index contributed by atoms with van der Waals surface area (Å²) in [5.74, 6) is -1.07. The smallest absolute Gasteiger partial charge is 0.292 e. The van der Waals surface area contributed by atoms with Gasteiger partial charge in [-0.15, -0.1) is 0 Å². The molecule has 5 N–H and O–H groups in total. The van der Waals surface area contributed by atoms with Crippen LogP contribution in [-0.2, 0) is 10.0 Å². The maximum Gasteiger partial charge on any atom is 0.292 e. The molecule has 0 fully saturated rings. The van der Waals surface area contributed by atoms with E-state index in [2.05, 4.69) is 5.32 Å². The number of sulfonamides is 1. The number of hydrogen-bond donors (Lipinski definition) is 3. The predicted octanol–water partition coefficient (Wildman–Crippen LogP) is -0.805. The lowest BCUT2D eigenvalue weighted by atomic mass is 10.1. The van der Waals surface area contributed by atoms with Crippen LogP contribution in [0.25, 0.3) is 0 Å². The van der Waals surface area contributed by atoms with Crippen molar-refractivity contribution < 1.29 is 18.1 Å². The number of amides is 1. The molecule has 0 aliphatic rings. The molecule has 104 valence electrons. The molecule has 0 saturated heterocycles. The second kappa shape index (κ2) is 5.63. The average Bonchev–Trinajstić information content (AvgIpc) is 2.27. The quantitative estimate of drug-likeness (QED) is 0.365. The summed E-state index contributed by atoms with van der Waals surface area (Å²) in [7, 11) is -3.67. The Balaban J connectivity index is 2.78. The molecule has 0 heterocycles. The van der Waals surface area contributed by atoms with E-state index in [1.807, 2.05) is 0 Å². The summed E-state index contributed by atoms with van der Waals surface area (Å²) in [6, 6.07) is 3.54. The molecule has 0 aliphatic heterocycles. The molecule has 0 spiro atoms. The third kappa shape index (κ3) is 4.52. The summed E-state index contributed by atoms with van der Waals surface area (Å²) >= 11 is 0. The Morgan fingerprint density at radius 3 is 2.58 bits per heavy atom. The van der Waals surface area contributed by atoms with Crippen molar-refractivity contribution in [1.82, 2.24) is 5.32 Å². The van der Waals surface area contributed by atoms with Crippen molar-refractivity contribution >= 4 is 27.3 Å². The van der Waals surface area contributed by atoms with Crippen LogP contribution in [0.1, 0.15) is 10.4 Å². The Hall–Kier alpha value is -2.20. The first kappa shape index (κ1) is 14.9. The molecule has 1 aromatic rings. The van der Waals surface area contributed by atoms with E-state index in [1.165, 1.54) is 12.1 Å². The van der Waals surface area contributed by atoms with Gasteiger partial charge < -0.3 is 11.1 Å². The summed E-state index contributed by atoms with van der Waals surface area (Å²) in [5.41, 5.74) is 4.93. The van der Waals surface area contributed by atoms with Gasteiger partial charge in [0.25, 0.3) is 11.6 Å². The Kier molecular flexibility index (Phi) is 4.40. The van der Waals surface area contributed by atoms with Gasteiger partial charge in [-0.3, -0.25) is 14.9 Å². The van der Waals surface area contributed by atoms with Gasteiger partial charge in [0, 0.05) is 18.2 Å². The van der Waals surface area contributed by atoms with Gasteiger partial charge in [0.1, 0.15) is 5.69 Å². The van der Waals surface area contributed by atoms with E-state index in [0.29, 0.717) is 0 Å². The van der Waals surface area contributed by atoms with Crippen LogP contribution in [0.5, 0.6) is 0 Å². The molecule has 10 heteroatoms. The highest BCUT2D eigenvalue weighted by Gasteiger charge is 2.15. The highest BCUT2D eigenvalue weighted by atomic mass is 32.2. The number of anilines is 1. The van der Waals surface area contributed by atoms with Crippen LogP contribution in [0.2, 0.25) is 0 Å². The molecule has 19 heavy (non-hydrogen) atoms. The first-order chi connectivity index (χ1) is 8.70. The van der Waals surface area contributed by atoms with Crippen molar-refractivity contribution in [2.24, 2.45) is 5.14 Å². The maximum absolute atomic E-state index is 11.6. The number of nitrogen functional groups attached to an aromatic ring is 1. The lowest BCUT2D eigenvalue weighted by Crippen LogP contribution is -2.31. The van der Waals surface area contributed by atoms with E-state index in [9.17, 15) is 23.3 Å². The third-order valence-electron chi connectivity index (χ3n) is 2.16. The van der Waals surface area contributed by atoms with Crippen LogP contribution < -0.4 is 16.2 Å². The van der Waals surface area contributed by atoms with E-state index in [4.69, 9.17) is 10.9 Å². The van der Waals surface area contributed by atoms with Crippen molar-refractivity contribution in [2.45, 2.75) is 0 Å². The zero-order chi connectivity index (χ0) is 14.6. The number of carbonyl (C=O) groups excluding carboxylic acids is 1. The number of primary sulfonamides is 1. The zero-order valence-corrected chi connectivity index (χ0v) is 10.5. The molecule has 1 amide bonds. The van der Waals surface area contributed by atoms with E-state index in [0.717, 1.165) is 6.07 Å². The molecule has 9 nitrogen and oxygen atoms in total. The normalized spacial score (nSPS) is 11.0. The van der Waals surface area contributed by atoms with Crippen LogP contribution in [0.15, 0.2) is 18.2 Å². The topological polar surface area (TPSA) is 158 Å². The summed E-state index contributed by atoms with van der Waals surface area (Å²) in [6.07, 6.45) is 0. The van der Waals surface area contributed by atoms with Crippen LogP contribution in [0, 0.1) is 10.1 Å². The minimum atomic E-state index is -3.67. The zero-order valence-electron chi connectivity index (χ0n) is 9.70. The van der Waals surface area contributed by atoms with E-state index in [1.54, 1.807) is 0 Å². The summed E-state index contributed by atoms with van der Waals surface area (Å²) in [4.78, 5) is 21.5. The van der Waals surface area contributed by atoms with Gasteiger partial charge >= 0.3 is 0 Å². The Bertz CT molecular complexity index is 613. The number of benzene rings is 1. The molecule has 0 radical (unpaired) electrons. The Morgan fingerprint density at radius 2 is 2.05 bits per heavy atom. The third-order valence-corrected chi connectivity index (χ3v) is 2.93. The second-order valence-corrected chi connectivity index (χ2v) is 5.39. The first-order valence-electron chi connectivity index (χ1n) is 5.03. The minimum absolute atomic E-state index is 0.00955. The van der Waals surface area contributed by atoms with Crippen LogP contribution >= 0.6 is 0 Å². The van der Waals surface area contributed by atoms with Crippen molar-refractivity contribution in [3.63, 3.8) is 0 Å². The molecular weight excluding hydrogens is 276 g/mol. The van der Waals surface area contributed by atoms with E-state index >= 15 is 0 Å². The molecule has 0 aliphatic carbocycles. The molecule has 0 unspecified atom stereocenters. The predicted molar refractivity (Wildman–Crippen MR) is 67.8 cm³/mol. The SMILES string of the molecule is Nc1ccc(C(=O)NCCS(N)(=O)=O)cc1[N+](=O)[O-]. The minimum Gasteiger partial charge on any atom is -0.393 e. The fourth-order valence-corrected chi connectivity index (χ4v) is 1.64. The summed E-state index contributed by atoms with van der Waals surface area (Å²) in [6.45, 7) is -0.185. The number of nitrogens with two attached hydrogens (primary N) is 2. The van der Waals surface area contributed by atoms with Crippen molar-refractivity contribution in [3.05, 3.63) is 33.9 Å². The van der Waals surface area contributed by atoms with Gasteiger partial charge in [-0.1, -0.05) is 0 Å². The van der Waals surface area contributed by atoms with Crippen molar-refractivity contribution in [3.8, 4) is 0 Å². The number of nitrogens with zero attached hydrogens (tertiary/aromatic N) is 1. The summed E-state index contributed by atoms with van der Waals surface area (Å²) < 4.78 is 21.3. The fourth-order valence-electron chi connectivity index (χ4n) is 1.25. The van der Waals surface area contributed by atoms with Crippen molar-refractivity contribution in [1.29, 1.82) is 0 Å². The van der Waals surface area contributed by atoms with Crippen LogP contribution in [0.3, 0.4) is 0 Å². The van der Waals surface area contributed by atoms with Crippen LogP contribution in [0.4, 0.5) is 11.4 Å². The maximum atomic E-state index is 11.6. The molecule has 1 aromatic carbocycles. The van der Waals surface area contributed by atoms with E-state index < -0.39 is 26.6 Å². The monoisotopic (exact) mass is 288 g/mol. The number of nitrogens with one attached hydrogen (secondary N) is 1. The average molecular weight is 288 g/mol. The van der Waals surface area contributed by atoms with E-state index in [-0.39, 0.29) is 23.5 Å². The van der Waals surface area contributed by atoms with Gasteiger partial charge in [0.05, 0.1) is 10.7 Å². The van der Waals surface area contributed by atoms with Crippen molar-refractivity contribution in [2.75, 3.05) is 18.0 Å². The number of nitro benzene ring substituents is 1.